The molecule has 2 aliphatic rings. The number of likely N-dealkylation sites (tertiary alicyclic amines) is 1. The third kappa shape index (κ3) is 6.87. The first-order chi connectivity index (χ1) is 19.8. The SMILES string of the molecule is CC1=C(C(=O)OC(C)C)C(c2ccc(OCC(=O)N3CCCCC3)cc2)n2nc(SCc3ccccc3Cl)nc2N1. The summed E-state index contributed by atoms with van der Waals surface area (Å²) in [4.78, 5) is 32.4. The lowest BCUT2D eigenvalue weighted by Gasteiger charge is -2.28. The van der Waals surface area contributed by atoms with E-state index in [1.807, 2.05) is 74.2 Å². The third-order valence-corrected chi connectivity index (χ3v) is 8.23. The minimum atomic E-state index is -0.566. The van der Waals surface area contributed by atoms with Crippen molar-refractivity contribution < 1.29 is 19.1 Å². The van der Waals surface area contributed by atoms with Gasteiger partial charge in [-0.1, -0.05) is 53.7 Å². The highest BCUT2D eigenvalue weighted by Gasteiger charge is 2.35. The molecule has 41 heavy (non-hydrogen) atoms. The van der Waals surface area contributed by atoms with E-state index in [-0.39, 0.29) is 18.6 Å². The van der Waals surface area contributed by atoms with Crippen molar-refractivity contribution in [1.82, 2.24) is 19.7 Å². The number of nitrogens with zero attached hydrogens (tertiary/aromatic N) is 4. The maximum atomic E-state index is 13.3. The molecule has 1 aromatic heterocycles. The maximum absolute atomic E-state index is 13.3. The van der Waals surface area contributed by atoms with Crippen molar-refractivity contribution in [3.8, 4) is 5.75 Å². The molecular formula is C30H34ClN5O4S. The summed E-state index contributed by atoms with van der Waals surface area (Å²) in [7, 11) is 0. The molecule has 2 aliphatic heterocycles. The first-order valence-corrected chi connectivity index (χ1v) is 15.2. The van der Waals surface area contributed by atoms with E-state index in [2.05, 4.69) is 5.32 Å². The zero-order chi connectivity index (χ0) is 28.9. The highest BCUT2D eigenvalue weighted by atomic mass is 35.5. The summed E-state index contributed by atoms with van der Waals surface area (Å²) < 4.78 is 13.1. The van der Waals surface area contributed by atoms with Crippen LogP contribution >= 0.6 is 23.4 Å². The Balaban J connectivity index is 1.38. The van der Waals surface area contributed by atoms with Gasteiger partial charge in [0.15, 0.2) is 6.61 Å². The molecule has 2 aromatic carbocycles. The topological polar surface area (TPSA) is 98.6 Å². The lowest BCUT2D eigenvalue weighted by Crippen LogP contribution is -2.38. The predicted octanol–water partition coefficient (Wildman–Crippen LogP) is 5.86. The Morgan fingerprint density at radius 1 is 1.10 bits per heavy atom. The molecule has 3 aromatic rings. The van der Waals surface area contributed by atoms with Crippen LogP contribution in [0.15, 0.2) is 65.0 Å². The van der Waals surface area contributed by atoms with Crippen LogP contribution < -0.4 is 10.1 Å². The van der Waals surface area contributed by atoms with E-state index in [1.165, 1.54) is 18.2 Å². The molecule has 11 heteroatoms. The number of amides is 1. The summed E-state index contributed by atoms with van der Waals surface area (Å²) in [5, 5.41) is 9.25. The van der Waals surface area contributed by atoms with Gasteiger partial charge in [-0.15, -0.1) is 5.10 Å². The van der Waals surface area contributed by atoms with Crippen molar-refractivity contribution in [2.75, 3.05) is 25.0 Å². The van der Waals surface area contributed by atoms with Crippen LogP contribution in [0, 0.1) is 0 Å². The van der Waals surface area contributed by atoms with Gasteiger partial charge < -0.3 is 19.7 Å². The van der Waals surface area contributed by atoms with Crippen LogP contribution in [0.3, 0.4) is 0 Å². The summed E-state index contributed by atoms with van der Waals surface area (Å²) >= 11 is 7.81. The summed E-state index contributed by atoms with van der Waals surface area (Å²) in [6.45, 7) is 7.05. The van der Waals surface area contributed by atoms with Crippen LogP contribution in [0.1, 0.15) is 57.2 Å². The molecule has 5 rings (SSSR count). The van der Waals surface area contributed by atoms with Crippen molar-refractivity contribution in [3.63, 3.8) is 0 Å². The van der Waals surface area contributed by atoms with Gasteiger partial charge >= 0.3 is 5.97 Å². The summed E-state index contributed by atoms with van der Waals surface area (Å²) in [6, 6.07) is 14.5. The van der Waals surface area contributed by atoms with Crippen molar-refractivity contribution >= 4 is 41.2 Å². The highest BCUT2D eigenvalue weighted by molar-refractivity contribution is 7.98. The number of rotatable bonds is 9. The average Bonchev–Trinajstić information content (AvgIpc) is 3.37. The minimum Gasteiger partial charge on any atom is -0.484 e. The number of aromatic nitrogens is 3. The van der Waals surface area contributed by atoms with E-state index >= 15 is 0 Å². The van der Waals surface area contributed by atoms with E-state index < -0.39 is 12.0 Å². The minimum absolute atomic E-state index is 0.00140. The van der Waals surface area contributed by atoms with E-state index in [0.717, 1.165) is 37.1 Å². The Hall–Kier alpha value is -3.50. The number of hydrogen-bond acceptors (Lipinski definition) is 8. The lowest BCUT2D eigenvalue weighted by molar-refractivity contribution is -0.143. The van der Waals surface area contributed by atoms with Crippen molar-refractivity contribution in [2.45, 2.75) is 63.1 Å². The largest absolute Gasteiger partial charge is 0.484 e. The fourth-order valence-electron chi connectivity index (χ4n) is 4.93. The van der Waals surface area contributed by atoms with Gasteiger partial charge in [0.1, 0.15) is 11.8 Å². The number of esters is 1. The highest BCUT2D eigenvalue weighted by Crippen LogP contribution is 2.38. The second-order valence-corrected chi connectivity index (χ2v) is 11.7. The van der Waals surface area contributed by atoms with Crippen LogP contribution in [0.25, 0.3) is 0 Å². The summed E-state index contributed by atoms with van der Waals surface area (Å²) in [6.07, 6.45) is 2.96. The number of thioether (sulfide) groups is 1. The Morgan fingerprint density at radius 3 is 2.54 bits per heavy atom. The van der Waals surface area contributed by atoms with Gasteiger partial charge in [0.05, 0.1) is 11.7 Å². The zero-order valence-electron chi connectivity index (χ0n) is 23.4. The second-order valence-electron chi connectivity index (χ2n) is 10.4. The van der Waals surface area contributed by atoms with Gasteiger partial charge in [0.25, 0.3) is 5.91 Å². The summed E-state index contributed by atoms with van der Waals surface area (Å²) in [5.74, 6) is 1.29. The predicted molar refractivity (Wildman–Crippen MR) is 159 cm³/mol. The first-order valence-electron chi connectivity index (χ1n) is 13.8. The number of fused-ring (bicyclic) bond motifs is 1. The van der Waals surface area contributed by atoms with Crippen molar-refractivity contribution in [1.29, 1.82) is 0 Å². The molecule has 1 fully saturated rings. The molecule has 1 amide bonds. The number of ether oxygens (including phenoxy) is 2. The van der Waals surface area contributed by atoms with E-state index in [4.69, 9.17) is 31.2 Å². The number of nitrogens with one attached hydrogen (secondary N) is 1. The Morgan fingerprint density at radius 2 is 1.83 bits per heavy atom. The number of carbonyl (C=O) groups excluding carboxylic acids is 2. The number of benzene rings is 2. The monoisotopic (exact) mass is 595 g/mol. The Labute approximate surface area is 249 Å². The average molecular weight is 596 g/mol. The molecule has 1 N–H and O–H groups in total. The number of piperidine rings is 1. The Kier molecular flexibility index (Phi) is 9.19. The van der Waals surface area contributed by atoms with Gasteiger partial charge in [0, 0.05) is 29.6 Å². The van der Waals surface area contributed by atoms with Crippen LogP contribution in [0.4, 0.5) is 5.95 Å². The number of carbonyl (C=O) groups is 2. The number of anilines is 1. The lowest BCUT2D eigenvalue weighted by atomic mass is 9.95. The van der Waals surface area contributed by atoms with Crippen LogP contribution in [0.5, 0.6) is 5.75 Å². The number of allylic oxidation sites excluding steroid dienone is 1. The van der Waals surface area contributed by atoms with Crippen LogP contribution in [-0.4, -0.2) is 57.3 Å². The van der Waals surface area contributed by atoms with E-state index in [1.54, 1.807) is 4.68 Å². The second kappa shape index (κ2) is 13.0. The first kappa shape index (κ1) is 29.0. The normalized spacial score (nSPS) is 16.8. The molecule has 0 bridgehead atoms. The molecule has 216 valence electrons. The van der Waals surface area contributed by atoms with Gasteiger partial charge in [-0.25, -0.2) is 9.48 Å². The molecule has 0 saturated carbocycles. The standard InChI is InChI=1S/C30H34ClN5O4S/c1-19(2)40-28(38)26-20(3)32-29-33-30(41-18-22-9-5-6-10-24(22)31)34-36(29)27(26)21-11-13-23(14-12-21)39-17-25(37)35-15-7-4-8-16-35/h5-6,9-14,19,27H,4,7-8,15-18H2,1-3H3,(H,32,33,34). The third-order valence-electron chi connectivity index (χ3n) is 6.98. The van der Waals surface area contributed by atoms with Gasteiger partial charge in [-0.3, -0.25) is 4.79 Å². The number of hydrogen-bond donors (Lipinski definition) is 1. The molecule has 0 aliphatic carbocycles. The van der Waals surface area contributed by atoms with E-state index in [9.17, 15) is 9.59 Å². The Bertz CT molecular complexity index is 1430. The molecule has 0 radical (unpaired) electrons. The summed E-state index contributed by atoms with van der Waals surface area (Å²) in [5.41, 5.74) is 2.90. The molecule has 1 atom stereocenters. The molecule has 1 saturated heterocycles. The fraction of sp³-hybridized carbons (Fsp3) is 0.400. The van der Waals surface area contributed by atoms with Crippen LogP contribution in [-0.2, 0) is 20.1 Å². The molecule has 9 nitrogen and oxygen atoms in total. The fourth-order valence-corrected chi connectivity index (χ4v) is 6.04. The maximum Gasteiger partial charge on any atom is 0.338 e. The molecule has 1 unspecified atom stereocenters. The van der Waals surface area contributed by atoms with E-state index in [0.29, 0.717) is 38.9 Å². The molecular weight excluding hydrogens is 562 g/mol. The molecule has 0 spiro atoms. The quantitative estimate of drug-likeness (QED) is 0.243. The van der Waals surface area contributed by atoms with Crippen molar-refractivity contribution in [3.05, 3.63) is 76.0 Å². The van der Waals surface area contributed by atoms with Crippen LogP contribution in [0.2, 0.25) is 5.02 Å². The van der Waals surface area contributed by atoms with Gasteiger partial charge in [-0.05, 0) is 69.4 Å². The van der Waals surface area contributed by atoms with Gasteiger partial charge in [0.2, 0.25) is 11.1 Å². The smallest absolute Gasteiger partial charge is 0.338 e. The van der Waals surface area contributed by atoms with Gasteiger partial charge in [-0.2, -0.15) is 4.98 Å². The number of halogens is 1. The molecule has 3 heterocycles. The zero-order valence-corrected chi connectivity index (χ0v) is 25.0. The van der Waals surface area contributed by atoms with Crippen molar-refractivity contribution in [2.24, 2.45) is 0 Å².